The summed E-state index contributed by atoms with van der Waals surface area (Å²) in [6.07, 6.45) is -0.829. The van der Waals surface area contributed by atoms with Crippen LogP contribution in [0.4, 0.5) is 4.79 Å². The Hall–Kier alpha value is -3.85. The fraction of sp³-hybridized carbons (Fsp3) is 0.346. The number of nitrogens with zero attached hydrogens (tertiary/aromatic N) is 4. The number of ether oxygens (including phenoxy) is 1. The molecule has 0 spiro atoms. The van der Waals surface area contributed by atoms with Crippen molar-refractivity contribution >= 4 is 33.9 Å². The summed E-state index contributed by atoms with van der Waals surface area (Å²) >= 11 is 0. The SMILES string of the molecule is CCn1c(-c2nc3cc(C(=O)N4CC[C@@H](OC)[C@@H](NC(=O)O)C4)ccc3n2C)cc2ccccc21. The molecule has 9 nitrogen and oxygen atoms in total. The number of aryl methyl sites for hydroxylation is 2. The molecule has 3 heterocycles. The number of carbonyl (C=O) groups is 2. The maximum Gasteiger partial charge on any atom is 0.405 e. The zero-order valence-corrected chi connectivity index (χ0v) is 20.1. The number of carbonyl (C=O) groups excluding carboxylic acids is 1. The minimum atomic E-state index is -1.13. The zero-order chi connectivity index (χ0) is 24.7. The molecule has 9 heteroatoms. The van der Waals surface area contributed by atoms with Gasteiger partial charge >= 0.3 is 6.09 Å². The van der Waals surface area contributed by atoms with E-state index in [-0.39, 0.29) is 18.6 Å². The van der Waals surface area contributed by atoms with Crippen molar-refractivity contribution in [1.82, 2.24) is 24.3 Å². The predicted octanol–water partition coefficient (Wildman–Crippen LogP) is 3.71. The summed E-state index contributed by atoms with van der Waals surface area (Å²) in [5.41, 5.74) is 4.41. The van der Waals surface area contributed by atoms with E-state index in [2.05, 4.69) is 39.6 Å². The molecule has 5 rings (SSSR count). The highest BCUT2D eigenvalue weighted by Crippen LogP contribution is 2.30. The second-order valence-electron chi connectivity index (χ2n) is 8.90. The smallest absolute Gasteiger partial charge is 0.405 e. The molecular formula is C26H29N5O4. The maximum atomic E-state index is 13.3. The zero-order valence-electron chi connectivity index (χ0n) is 20.1. The van der Waals surface area contributed by atoms with Crippen LogP contribution in [0.25, 0.3) is 33.5 Å². The van der Waals surface area contributed by atoms with Gasteiger partial charge in [0, 0.05) is 50.3 Å². The number of carboxylic acid groups (broad SMARTS) is 1. The van der Waals surface area contributed by atoms with Gasteiger partial charge in [0.05, 0.1) is 28.9 Å². The van der Waals surface area contributed by atoms with E-state index in [9.17, 15) is 9.59 Å². The molecule has 2 atom stereocenters. The molecule has 2 amide bonds. The normalized spacial score (nSPS) is 18.3. The van der Waals surface area contributed by atoms with Crippen molar-refractivity contribution in [3.05, 3.63) is 54.1 Å². The topological polar surface area (TPSA) is 102 Å². The van der Waals surface area contributed by atoms with Crippen LogP contribution in [0.15, 0.2) is 48.5 Å². The number of rotatable bonds is 5. The molecule has 4 aromatic rings. The van der Waals surface area contributed by atoms with Crippen LogP contribution in [-0.2, 0) is 18.3 Å². The summed E-state index contributed by atoms with van der Waals surface area (Å²) in [5.74, 6) is 0.697. The summed E-state index contributed by atoms with van der Waals surface area (Å²) in [7, 11) is 3.55. The number of nitrogens with one attached hydrogen (secondary N) is 1. The third kappa shape index (κ3) is 4.01. The highest BCUT2D eigenvalue weighted by atomic mass is 16.5. The minimum Gasteiger partial charge on any atom is -0.465 e. The molecule has 1 aliphatic rings. The molecular weight excluding hydrogens is 446 g/mol. The second-order valence-corrected chi connectivity index (χ2v) is 8.90. The summed E-state index contributed by atoms with van der Waals surface area (Å²) in [4.78, 5) is 31.1. The van der Waals surface area contributed by atoms with Crippen molar-refractivity contribution in [2.24, 2.45) is 7.05 Å². The molecule has 2 N–H and O–H groups in total. The average Bonchev–Trinajstić information content (AvgIpc) is 3.39. The van der Waals surface area contributed by atoms with Gasteiger partial charge in [0.2, 0.25) is 0 Å². The van der Waals surface area contributed by atoms with Crippen molar-refractivity contribution < 1.29 is 19.4 Å². The summed E-state index contributed by atoms with van der Waals surface area (Å²) in [6.45, 7) is 3.69. The van der Waals surface area contributed by atoms with Crippen LogP contribution < -0.4 is 5.32 Å². The number of likely N-dealkylation sites (tertiary alicyclic amines) is 1. The highest BCUT2D eigenvalue weighted by molar-refractivity contribution is 5.98. The first kappa shape index (κ1) is 22.9. The van der Waals surface area contributed by atoms with Gasteiger partial charge < -0.3 is 29.2 Å². The first-order valence-electron chi connectivity index (χ1n) is 11.8. The Balaban J connectivity index is 1.47. The van der Waals surface area contributed by atoms with E-state index in [1.54, 1.807) is 12.0 Å². The van der Waals surface area contributed by atoms with Crippen molar-refractivity contribution in [1.29, 1.82) is 0 Å². The molecule has 1 fully saturated rings. The number of benzene rings is 2. The fourth-order valence-electron chi connectivity index (χ4n) is 5.18. The third-order valence-electron chi connectivity index (χ3n) is 6.93. The number of piperidine rings is 1. The standard InChI is InChI=1S/C26H29N5O4/c1-4-31-20-8-6-5-7-16(20)14-22(31)24-27-18-13-17(9-10-21(18)29(24)2)25(32)30-12-11-23(35-3)19(15-30)28-26(33)34/h5-10,13-14,19,23,28H,4,11-12,15H2,1-3H3,(H,33,34)/t19-,23+/m0/s1. The van der Waals surface area contributed by atoms with Crippen LogP contribution in [0, 0.1) is 0 Å². The first-order chi connectivity index (χ1) is 16.9. The molecule has 182 valence electrons. The van der Waals surface area contributed by atoms with Crippen molar-refractivity contribution in [3.63, 3.8) is 0 Å². The Morgan fingerprint density at radius 3 is 2.71 bits per heavy atom. The molecule has 35 heavy (non-hydrogen) atoms. The Morgan fingerprint density at radius 2 is 1.97 bits per heavy atom. The van der Waals surface area contributed by atoms with Crippen LogP contribution in [-0.4, -0.2) is 68.5 Å². The second kappa shape index (κ2) is 9.07. The number of hydrogen-bond acceptors (Lipinski definition) is 4. The Morgan fingerprint density at radius 1 is 1.17 bits per heavy atom. The van der Waals surface area contributed by atoms with E-state index >= 15 is 0 Å². The van der Waals surface area contributed by atoms with E-state index in [1.807, 2.05) is 37.4 Å². The van der Waals surface area contributed by atoms with Gasteiger partial charge in [-0.25, -0.2) is 9.78 Å². The Bertz CT molecular complexity index is 1420. The Labute approximate surface area is 202 Å². The van der Waals surface area contributed by atoms with Gasteiger partial charge in [-0.3, -0.25) is 4.79 Å². The van der Waals surface area contributed by atoms with E-state index < -0.39 is 12.1 Å². The van der Waals surface area contributed by atoms with Crippen molar-refractivity contribution in [3.8, 4) is 11.5 Å². The van der Waals surface area contributed by atoms with Crippen LogP contribution in [0.5, 0.6) is 0 Å². The molecule has 0 bridgehead atoms. The molecule has 0 radical (unpaired) electrons. The molecule has 1 saturated heterocycles. The molecule has 2 aromatic carbocycles. The number of fused-ring (bicyclic) bond motifs is 2. The number of amides is 2. The van der Waals surface area contributed by atoms with Crippen LogP contribution in [0.2, 0.25) is 0 Å². The van der Waals surface area contributed by atoms with Gasteiger partial charge in [0.25, 0.3) is 5.91 Å². The van der Waals surface area contributed by atoms with E-state index in [0.29, 0.717) is 18.5 Å². The molecule has 2 aromatic heterocycles. The lowest BCUT2D eigenvalue weighted by atomic mass is 10.0. The predicted molar refractivity (Wildman–Crippen MR) is 134 cm³/mol. The monoisotopic (exact) mass is 475 g/mol. The number of aromatic nitrogens is 3. The van der Waals surface area contributed by atoms with Gasteiger partial charge in [-0.1, -0.05) is 18.2 Å². The van der Waals surface area contributed by atoms with E-state index in [1.165, 1.54) is 0 Å². The minimum absolute atomic E-state index is 0.145. The van der Waals surface area contributed by atoms with Gasteiger partial charge in [-0.15, -0.1) is 0 Å². The van der Waals surface area contributed by atoms with Gasteiger partial charge in [-0.05, 0) is 43.7 Å². The quantitative estimate of drug-likeness (QED) is 0.458. The summed E-state index contributed by atoms with van der Waals surface area (Å²) in [5, 5.41) is 12.8. The number of imidazole rings is 1. The third-order valence-corrected chi connectivity index (χ3v) is 6.93. The summed E-state index contributed by atoms with van der Waals surface area (Å²) < 4.78 is 9.72. The lowest BCUT2D eigenvalue weighted by molar-refractivity contribution is 0.0136. The maximum absolute atomic E-state index is 13.3. The average molecular weight is 476 g/mol. The van der Waals surface area contributed by atoms with Crippen LogP contribution in [0.1, 0.15) is 23.7 Å². The molecule has 1 aliphatic heterocycles. The van der Waals surface area contributed by atoms with Gasteiger partial charge in [0.1, 0.15) is 0 Å². The van der Waals surface area contributed by atoms with Crippen molar-refractivity contribution in [2.45, 2.75) is 32.0 Å². The van der Waals surface area contributed by atoms with E-state index in [4.69, 9.17) is 14.8 Å². The number of para-hydroxylation sites is 1. The summed E-state index contributed by atoms with van der Waals surface area (Å²) in [6, 6.07) is 15.5. The van der Waals surface area contributed by atoms with Crippen LogP contribution >= 0.6 is 0 Å². The van der Waals surface area contributed by atoms with Crippen molar-refractivity contribution in [2.75, 3.05) is 20.2 Å². The number of hydrogen-bond donors (Lipinski definition) is 2. The van der Waals surface area contributed by atoms with Gasteiger partial charge in [0.15, 0.2) is 5.82 Å². The molecule has 0 aliphatic carbocycles. The highest BCUT2D eigenvalue weighted by Gasteiger charge is 2.33. The Kier molecular flexibility index (Phi) is 5.94. The van der Waals surface area contributed by atoms with Crippen LogP contribution in [0.3, 0.4) is 0 Å². The molecule has 0 unspecified atom stereocenters. The number of methoxy groups -OCH3 is 1. The lowest BCUT2D eigenvalue weighted by Gasteiger charge is -2.37. The lowest BCUT2D eigenvalue weighted by Crippen LogP contribution is -2.56. The molecule has 0 saturated carbocycles. The van der Waals surface area contributed by atoms with Gasteiger partial charge in [-0.2, -0.15) is 0 Å². The largest absolute Gasteiger partial charge is 0.465 e. The first-order valence-corrected chi connectivity index (χ1v) is 11.8. The fourth-order valence-corrected chi connectivity index (χ4v) is 5.18. The van der Waals surface area contributed by atoms with E-state index in [0.717, 1.165) is 40.0 Å².